The molecule has 362 valence electrons. The van der Waals surface area contributed by atoms with Crippen LogP contribution in [0, 0.1) is 5.92 Å². The lowest BCUT2D eigenvalue weighted by Crippen LogP contribution is -2.42. The number of benzene rings is 5. The summed E-state index contributed by atoms with van der Waals surface area (Å²) in [6.45, 7) is 3.96. The van der Waals surface area contributed by atoms with Gasteiger partial charge >= 0.3 is 5.51 Å². The number of rotatable bonds is 18. The molecular formula is C48H52ClF3N6O7S3. The van der Waals surface area contributed by atoms with Gasteiger partial charge in [0.05, 0.1) is 36.4 Å². The zero-order chi connectivity index (χ0) is 48.5. The van der Waals surface area contributed by atoms with Crippen molar-refractivity contribution in [1.29, 1.82) is 0 Å². The predicted octanol–water partition coefficient (Wildman–Crippen LogP) is 7.75. The number of ether oxygens (including phenoxy) is 1. The molecule has 0 saturated carbocycles. The summed E-state index contributed by atoms with van der Waals surface area (Å²) in [7, 11) is -11.0. The molecule has 0 aromatic heterocycles. The van der Waals surface area contributed by atoms with Crippen molar-refractivity contribution in [2.24, 2.45) is 11.7 Å². The maximum atomic E-state index is 14.2. The summed E-state index contributed by atoms with van der Waals surface area (Å²) in [5.74, 6) is -0.962. The Morgan fingerprint density at radius 2 is 1.50 bits per heavy atom. The summed E-state index contributed by atoms with van der Waals surface area (Å²) < 4.78 is 103. The SMILES string of the molecule is NCC(=O)N[C@H](c1ccccc1-c1ccc(Cl)cc1)C1CCN(c2ccc(C(=O)NS(=O)(=O)c3ccc(N[C@@H](CCN4CCOCC4)CSc4ccccc4)c(S(=O)(=O)C(F)(F)F)c3)cc2)CC1. The lowest BCUT2D eigenvalue weighted by molar-refractivity contribution is -0.120. The fourth-order valence-corrected chi connectivity index (χ4v) is 11.5. The molecule has 5 aromatic rings. The number of hydrogen-bond acceptors (Lipinski definition) is 12. The molecule has 2 aliphatic rings. The zero-order valence-corrected chi connectivity index (χ0v) is 40.0. The summed E-state index contributed by atoms with van der Waals surface area (Å²) in [6.07, 6.45) is 1.80. The van der Waals surface area contributed by atoms with Crippen LogP contribution in [-0.4, -0.2) is 103 Å². The average Bonchev–Trinajstić information content (AvgIpc) is 3.34. The third kappa shape index (κ3) is 12.7. The van der Waals surface area contributed by atoms with Crippen LogP contribution in [0.3, 0.4) is 0 Å². The van der Waals surface area contributed by atoms with Crippen molar-refractivity contribution in [2.45, 2.75) is 51.5 Å². The van der Waals surface area contributed by atoms with Gasteiger partial charge in [0.1, 0.15) is 4.90 Å². The van der Waals surface area contributed by atoms with E-state index in [1.54, 1.807) is 12.1 Å². The van der Waals surface area contributed by atoms with Crippen LogP contribution in [0.5, 0.6) is 0 Å². The Morgan fingerprint density at radius 3 is 2.16 bits per heavy atom. The van der Waals surface area contributed by atoms with E-state index in [4.69, 9.17) is 22.1 Å². The fraction of sp³-hybridized carbons (Fsp3) is 0.333. The summed E-state index contributed by atoms with van der Waals surface area (Å²) >= 11 is 7.60. The summed E-state index contributed by atoms with van der Waals surface area (Å²) in [5.41, 5.74) is 3.09. The molecule has 68 heavy (non-hydrogen) atoms. The third-order valence-corrected chi connectivity index (χ3v) is 16.3. The van der Waals surface area contributed by atoms with Crippen LogP contribution in [0.1, 0.15) is 41.2 Å². The number of piperidine rings is 1. The molecule has 5 aromatic carbocycles. The fourth-order valence-electron chi connectivity index (χ4n) is 8.33. The van der Waals surface area contributed by atoms with Crippen LogP contribution in [0.4, 0.5) is 24.5 Å². The lowest BCUT2D eigenvalue weighted by atomic mass is 9.82. The van der Waals surface area contributed by atoms with Crippen LogP contribution in [0.15, 0.2) is 136 Å². The first-order valence-corrected chi connectivity index (χ1v) is 26.3. The van der Waals surface area contributed by atoms with Gasteiger partial charge in [-0.15, -0.1) is 11.8 Å². The number of carbonyl (C=O) groups is 2. The second kappa shape index (κ2) is 22.5. The third-order valence-electron chi connectivity index (χ3n) is 12.0. The van der Waals surface area contributed by atoms with Crippen molar-refractivity contribution in [3.8, 4) is 11.1 Å². The molecule has 0 aliphatic carbocycles. The number of alkyl halides is 3. The minimum atomic E-state index is -6.08. The number of morpholine rings is 1. The summed E-state index contributed by atoms with van der Waals surface area (Å²) in [6, 6.07) is 32.3. The molecule has 2 saturated heterocycles. The first-order valence-electron chi connectivity index (χ1n) is 22.0. The van der Waals surface area contributed by atoms with Crippen molar-refractivity contribution in [3.63, 3.8) is 0 Å². The van der Waals surface area contributed by atoms with Gasteiger partial charge in [-0.05, 0) is 109 Å². The van der Waals surface area contributed by atoms with Crippen molar-refractivity contribution in [2.75, 3.05) is 68.5 Å². The highest BCUT2D eigenvalue weighted by atomic mass is 35.5. The number of nitrogens with two attached hydrogens (primary N) is 1. The monoisotopic (exact) mass is 1010 g/mol. The molecule has 0 unspecified atom stereocenters. The highest BCUT2D eigenvalue weighted by Crippen LogP contribution is 2.39. The largest absolute Gasteiger partial charge is 0.501 e. The normalized spacial score (nSPS) is 16.2. The van der Waals surface area contributed by atoms with Gasteiger partial charge in [0.2, 0.25) is 5.91 Å². The second-order valence-electron chi connectivity index (χ2n) is 16.5. The van der Waals surface area contributed by atoms with E-state index in [9.17, 15) is 39.6 Å². The second-order valence-corrected chi connectivity index (χ2v) is 21.6. The van der Waals surface area contributed by atoms with Crippen molar-refractivity contribution >= 4 is 66.4 Å². The average molecular weight is 1010 g/mol. The van der Waals surface area contributed by atoms with Gasteiger partial charge in [-0.25, -0.2) is 21.6 Å². The van der Waals surface area contributed by atoms with E-state index in [1.807, 2.05) is 83.6 Å². The molecule has 0 spiro atoms. The molecule has 2 aliphatic heterocycles. The Bertz CT molecular complexity index is 2740. The number of sulfone groups is 1. The first kappa shape index (κ1) is 50.7. The van der Waals surface area contributed by atoms with Gasteiger partial charge in [0.15, 0.2) is 0 Å². The highest BCUT2D eigenvalue weighted by molar-refractivity contribution is 7.99. The Morgan fingerprint density at radius 1 is 0.838 bits per heavy atom. The van der Waals surface area contributed by atoms with E-state index in [0.717, 1.165) is 39.4 Å². The van der Waals surface area contributed by atoms with Gasteiger partial charge in [0, 0.05) is 65.7 Å². The Labute approximate surface area is 403 Å². The van der Waals surface area contributed by atoms with E-state index in [0.29, 0.717) is 82.0 Å². The highest BCUT2D eigenvalue weighted by Gasteiger charge is 2.48. The molecule has 0 bridgehead atoms. The van der Waals surface area contributed by atoms with E-state index in [-0.39, 0.29) is 30.0 Å². The Hall–Kier alpha value is -5.15. The number of nitrogens with zero attached hydrogens (tertiary/aromatic N) is 2. The molecule has 2 fully saturated rings. The van der Waals surface area contributed by atoms with Crippen LogP contribution >= 0.6 is 23.4 Å². The van der Waals surface area contributed by atoms with E-state index in [1.165, 1.54) is 23.9 Å². The Kier molecular flexibility index (Phi) is 16.8. The standard InChI is InChI=1S/C48H52ClF3N6O7S3/c49-36-14-10-33(11-15-36)41-8-4-5-9-42(41)46(55-45(59)31-53)34-20-24-58(25-21-34)38-16-12-35(13-17-38)47(60)56-68(63,64)40-18-19-43(44(30-40)67(61,62)48(50,51)52)54-37(22-23-57-26-28-65-29-27-57)32-66-39-6-2-1-3-7-39/h1-19,30,34,37,46,54H,20-29,31-32,53H2,(H,55,59)(H,56,60)/t37-,46-/m0/s1. The van der Waals surface area contributed by atoms with Crippen LogP contribution in [0.2, 0.25) is 5.02 Å². The number of carbonyl (C=O) groups excluding carboxylic acids is 2. The van der Waals surface area contributed by atoms with E-state index < -0.39 is 52.8 Å². The smallest absolute Gasteiger partial charge is 0.380 e. The molecular weight excluding hydrogens is 961 g/mol. The minimum absolute atomic E-state index is 0.0439. The van der Waals surface area contributed by atoms with Gasteiger partial charge in [-0.3, -0.25) is 14.5 Å². The number of sulfonamides is 1. The Balaban J connectivity index is 1.04. The predicted molar refractivity (Wildman–Crippen MR) is 259 cm³/mol. The quantitative estimate of drug-likeness (QED) is 0.0629. The maximum Gasteiger partial charge on any atom is 0.501 e. The van der Waals surface area contributed by atoms with Gasteiger partial charge in [-0.2, -0.15) is 13.2 Å². The van der Waals surface area contributed by atoms with Crippen LogP contribution in [-0.2, 0) is 29.4 Å². The van der Waals surface area contributed by atoms with E-state index >= 15 is 0 Å². The van der Waals surface area contributed by atoms with Gasteiger partial charge < -0.3 is 26.0 Å². The molecule has 13 nitrogen and oxygen atoms in total. The van der Waals surface area contributed by atoms with Crippen molar-refractivity contribution < 1.29 is 44.3 Å². The van der Waals surface area contributed by atoms with Gasteiger partial charge in [-0.1, -0.05) is 66.2 Å². The molecule has 2 amide bonds. The number of anilines is 2. The number of halogens is 4. The van der Waals surface area contributed by atoms with Crippen molar-refractivity contribution in [3.05, 3.63) is 137 Å². The van der Waals surface area contributed by atoms with Crippen LogP contribution in [0.25, 0.3) is 11.1 Å². The molecule has 7 rings (SSSR count). The molecule has 2 atom stereocenters. The van der Waals surface area contributed by atoms with Gasteiger partial charge in [0.25, 0.3) is 25.8 Å². The number of hydrogen-bond donors (Lipinski definition) is 4. The first-order chi connectivity index (χ1) is 32.5. The number of thioether (sulfide) groups is 1. The topological polar surface area (TPSA) is 180 Å². The minimum Gasteiger partial charge on any atom is -0.380 e. The maximum absolute atomic E-state index is 14.2. The summed E-state index contributed by atoms with van der Waals surface area (Å²) in [5, 5.41) is 6.73. The van der Waals surface area contributed by atoms with E-state index in [2.05, 4.69) is 20.4 Å². The summed E-state index contributed by atoms with van der Waals surface area (Å²) in [4.78, 5) is 29.1. The molecule has 2 heterocycles. The number of nitrogens with one attached hydrogen (secondary N) is 3. The lowest BCUT2D eigenvalue weighted by Gasteiger charge is -2.38. The molecule has 0 radical (unpaired) electrons. The molecule has 20 heteroatoms. The zero-order valence-electron chi connectivity index (χ0n) is 36.8. The van der Waals surface area contributed by atoms with Crippen LogP contribution < -0.4 is 26.0 Å². The van der Waals surface area contributed by atoms with Crippen molar-refractivity contribution in [1.82, 2.24) is 14.9 Å². The number of amides is 2. The molecule has 5 N–H and O–H groups in total.